The number of nitrogens with one attached hydrogen (secondary N) is 2. The number of carbonyl (C=O) groups is 1. The Morgan fingerprint density at radius 2 is 2.24 bits per heavy atom. The highest BCUT2D eigenvalue weighted by Gasteiger charge is 2.09. The van der Waals surface area contributed by atoms with Crippen LogP contribution in [0.5, 0.6) is 0 Å². The summed E-state index contributed by atoms with van der Waals surface area (Å²) in [6.07, 6.45) is 0. The number of rotatable bonds is 3. The van der Waals surface area contributed by atoms with Crippen LogP contribution in [0.3, 0.4) is 0 Å². The average Bonchev–Trinajstić information content (AvgIpc) is 2.78. The summed E-state index contributed by atoms with van der Waals surface area (Å²) in [6.45, 7) is 2.21. The number of pyridine rings is 1. The van der Waals surface area contributed by atoms with Gasteiger partial charge in [-0.3, -0.25) is 9.59 Å². The first kappa shape index (κ1) is 11.6. The molecule has 0 aliphatic rings. The molecule has 0 aromatic carbocycles. The molecule has 2 heterocycles. The summed E-state index contributed by atoms with van der Waals surface area (Å²) in [5.41, 5.74) is 1.56. The molecule has 0 aliphatic carbocycles. The molecule has 2 aromatic rings. The number of aromatic amines is 1. The molecule has 0 atom stereocenters. The van der Waals surface area contributed by atoms with E-state index in [1.807, 2.05) is 16.8 Å². The third-order valence-corrected chi connectivity index (χ3v) is 3.07. The second-order valence-electron chi connectivity index (χ2n) is 3.70. The van der Waals surface area contributed by atoms with Crippen molar-refractivity contribution in [1.29, 1.82) is 0 Å². The van der Waals surface area contributed by atoms with Gasteiger partial charge in [-0.15, -0.1) is 0 Å². The van der Waals surface area contributed by atoms with Gasteiger partial charge in [-0.25, -0.2) is 0 Å². The SMILES string of the molecule is Cc1ccc(C(=O)NCc2ccsc2)c(=O)[nH]1. The number of hydrogen-bond donors (Lipinski definition) is 2. The number of H-pyrrole nitrogens is 1. The molecule has 17 heavy (non-hydrogen) atoms. The van der Waals surface area contributed by atoms with Crippen LogP contribution in [0, 0.1) is 6.92 Å². The summed E-state index contributed by atoms with van der Waals surface area (Å²) < 4.78 is 0. The Hall–Kier alpha value is -1.88. The van der Waals surface area contributed by atoms with Crippen molar-refractivity contribution in [3.8, 4) is 0 Å². The third kappa shape index (κ3) is 2.82. The highest BCUT2D eigenvalue weighted by molar-refractivity contribution is 7.07. The van der Waals surface area contributed by atoms with Crippen molar-refractivity contribution in [2.75, 3.05) is 0 Å². The van der Waals surface area contributed by atoms with Crippen molar-refractivity contribution in [2.45, 2.75) is 13.5 Å². The topological polar surface area (TPSA) is 62.0 Å². The molecule has 0 unspecified atom stereocenters. The molecule has 88 valence electrons. The normalized spacial score (nSPS) is 10.2. The number of carbonyl (C=O) groups excluding carboxylic acids is 1. The van der Waals surface area contributed by atoms with E-state index in [9.17, 15) is 9.59 Å². The van der Waals surface area contributed by atoms with Crippen molar-refractivity contribution in [2.24, 2.45) is 0 Å². The van der Waals surface area contributed by atoms with E-state index >= 15 is 0 Å². The van der Waals surface area contributed by atoms with Crippen LogP contribution in [0.25, 0.3) is 0 Å². The van der Waals surface area contributed by atoms with Crippen molar-refractivity contribution in [3.05, 3.63) is 56.1 Å². The summed E-state index contributed by atoms with van der Waals surface area (Å²) in [4.78, 5) is 25.9. The fraction of sp³-hybridized carbons (Fsp3) is 0.167. The van der Waals surface area contributed by atoms with Crippen molar-refractivity contribution in [1.82, 2.24) is 10.3 Å². The first-order valence-corrected chi connectivity index (χ1v) is 6.10. The first-order chi connectivity index (χ1) is 8.16. The largest absolute Gasteiger partial charge is 0.348 e. The second kappa shape index (κ2) is 4.97. The molecule has 2 N–H and O–H groups in total. The number of thiophene rings is 1. The fourth-order valence-electron chi connectivity index (χ4n) is 1.42. The van der Waals surface area contributed by atoms with Crippen LogP contribution in [0.1, 0.15) is 21.6 Å². The lowest BCUT2D eigenvalue weighted by Gasteiger charge is -2.03. The number of hydrogen-bond acceptors (Lipinski definition) is 3. The van der Waals surface area contributed by atoms with E-state index < -0.39 is 0 Å². The van der Waals surface area contributed by atoms with Crippen LogP contribution in [0.15, 0.2) is 33.8 Å². The van der Waals surface area contributed by atoms with Crippen LogP contribution >= 0.6 is 11.3 Å². The van der Waals surface area contributed by atoms with Gasteiger partial charge in [0.2, 0.25) is 0 Å². The summed E-state index contributed by atoms with van der Waals surface area (Å²) in [5, 5.41) is 6.61. The lowest BCUT2D eigenvalue weighted by atomic mass is 10.2. The molecule has 5 heteroatoms. The van der Waals surface area contributed by atoms with Crippen LogP contribution < -0.4 is 10.9 Å². The molecular weight excluding hydrogens is 236 g/mol. The minimum Gasteiger partial charge on any atom is -0.348 e. The van der Waals surface area contributed by atoms with Crippen molar-refractivity contribution >= 4 is 17.2 Å². The van der Waals surface area contributed by atoms with Crippen LogP contribution in [0.2, 0.25) is 0 Å². The molecule has 0 fully saturated rings. The third-order valence-electron chi connectivity index (χ3n) is 2.33. The standard InChI is InChI=1S/C12H12N2O2S/c1-8-2-3-10(12(16)14-8)11(15)13-6-9-4-5-17-7-9/h2-5,7H,6H2,1H3,(H,13,15)(H,14,16). The number of aromatic nitrogens is 1. The van der Waals surface area contributed by atoms with Crippen molar-refractivity contribution < 1.29 is 4.79 Å². The molecule has 4 nitrogen and oxygen atoms in total. The monoisotopic (exact) mass is 248 g/mol. The average molecular weight is 248 g/mol. The van der Waals surface area contributed by atoms with Gasteiger partial charge in [0.05, 0.1) is 0 Å². The second-order valence-corrected chi connectivity index (χ2v) is 4.48. The Bertz CT molecular complexity index is 572. The predicted octanol–water partition coefficient (Wildman–Crippen LogP) is 1.67. The van der Waals surface area contributed by atoms with Gasteiger partial charge >= 0.3 is 0 Å². The van der Waals surface area contributed by atoms with E-state index in [1.165, 1.54) is 6.07 Å². The highest BCUT2D eigenvalue weighted by Crippen LogP contribution is 2.05. The predicted molar refractivity (Wildman–Crippen MR) is 67.3 cm³/mol. The Labute approximate surface area is 102 Å². The van der Waals surface area contributed by atoms with Gasteiger partial charge in [0.15, 0.2) is 0 Å². The molecule has 0 bridgehead atoms. The van der Waals surface area contributed by atoms with E-state index in [0.717, 1.165) is 11.3 Å². The summed E-state index contributed by atoms with van der Waals surface area (Å²) >= 11 is 1.57. The Balaban J connectivity index is 2.07. The zero-order valence-corrected chi connectivity index (χ0v) is 10.1. The zero-order chi connectivity index (χ0) is 12.3. The molecule has 2 rings (SSSR count). The van der Waals surface area contributed by atoms with Gasteiger partial charge < -0.3 is 10.3 Å². The number of amides is 1. The fourth-order valence-corrected chi connectivity index (χ4v) is 2.09. The Morgan fingerprint density at radius 1 is 1.41 bits per heavy atom. The molecule has 1 amide bonds. The van der Waals surface area contributed by atoms with Gasteiger partial charge in [-0.05, 0) is 41.4 Å². The van der Waals surface area contributed by atoms with E-state index in [4.69, 9.17) is 0 Å². The summed E-state index contributed by atoms with van der Waals surface area (Å²) in [6, 6.07) is 5.18. The zero-order valence-electron chi connectivity index (χ0n) is 9.32. The summed E-state index contributed by atoms with van der Waals surface area (Å²) in [5.74, 6) is -0.350. The van der Waals surface area contributed by atoms with Gasteiger partial charge in [-0.1, -0.05) is 0 Å². The molecule has 0 aliphatic heterocycles. The maximum atomic E-state index is 11.7. The lowest BCUT2D eigenvalue weighted by Crippen LogP contribution is -2.29. The van der Waals surface area contributed by atoms with E-state index in [0.29, 0.717) is 6.54 Å². The molecule has 2 aromatic heterocycles. The maximum absolute atomic E-state index is 11.7. The highest BCUT2D eigenvalue weighted by atomic mass is 32.1. The van der Waals surface area contributed by atoms with E-state index in [-0.39, 0.29) is 17.0 Å². The summed E-state index contributed by atoms with van der Waals surface area (Å²) in [7, 11) is 0. The Kier molecular flexibility index (Phi) is 3.39. The van der Waals surface area contributed by atoms with Crippen LogP contribution in [-0.2, 0) is 6.54 Å². The quantitative estimate of drug-likeness (QED) is 0.868. The molecule has 0 spiro atoms. The smallest absolute Gasteiger partial charge is 0.260 e. The van der Waals surface area contributed by atoms with E-state index in [1.54, 1.807) is 24.3 Å². The minimum atomic E-state index is -0.354. The van der Waals surface area contributed by atoms with E-state index in [2.05, 4.69) is 10.3 Å². The van der Waals surface area contributed by atoms with Crippen molar-refractivity contribution in [3.63, 3.8) is 0 Å². The number of aryl methyl sites for hydroxylation is 1. The van der Waals surface area contributed by atoms with Crippen LogP contribution in [0.4, 0.5) is 0 Å². The Morgan fingerprint density at radius 3 is 2.88 bits per heavy atom. The first-order valence-electron chi connectivity index (χ1n) is 5.16. The molecule has 0 radical (unpaired) electrons. The maximum Gasteiger partial charge on any atom is 0.260 e. The molecule has 0 saturated carbocycles. The van der Waals surface area contributed by atoms with Gasteiger partial charge in [0.25, 0.3) is 11.5 Å². The van der Waals surface area contributed by atoms with Gasteiger partial charge in [0.1, 0.15) is 5.56 Å². The minimum absolute atomic E-state index is 0.144. The van der Waals surface area contributed by atoms with Gasteiger partial charge in [0, 0.05) is 12.2 Å². The van der Waals surface area contributed by atoms with Crippen LogP contribution in [-0.4, -0.2) is 10.9 Å². The lowest BCUT2D eigenvalue weighted by molar-refractivity contribution is 0.0949. The molecule has 0 saturated heterocycles. The van der Waals surface area contributed by atoms with Gasteiger partial charge in [-0.2, -0.15) is 11.3 Å². The molecular formula is C12H12N2O2S.